The van der Waals surface area contributed by atoms with Gasteiger partial charge in [-0.05, 0) is 30.1 Å². The molecular weight excluding hydrogens is 232 g/mol. The van der Waals surface area contributed by atoms with Gasteiger partial charge in [0, 0.05) is 0 Å². The molecule has 0 aromatic carbocycles. The van der Waals surface area contributed by atoms with E-state index in [9.17, 15) is 5.11 Å². The molecule has 0 saturated carbocycles. The van der Waals surface area contributed by atoms with Crippen molar-refractivity contribution in [2.24, 2.45) is 0 Å². The van der Waals surface area contributed by atoms with E-state index in [0.29, 0.717) is 18.6 Å². The van der Waals surface area contributed by atoms with Crippen LogP contribution >= 0.6 is 0 Å². The molecule has 0 saturated heterocycles. The molecule has 0 amide bonds. The van der Waals surface area contributed by atoms with Gasteiger partial charge in [0.1, 0.15) is 0 Å². The average Bonchev–Trinajstić information content (AvgIpc) is 2.21. The van der Waals surface area contributed by atoms with Crippen molar-refractivity contribution >= 4 is 8.32 Å². The Hall–Kier alpha value is -0.163. The summed E-state index contributed by atoms with van der Waals surface area (Å²) in [6.45, 7) is 13.2. The molecular formula is C13H28O3Si. The van der Waals surface area contributed by atoms with Gasteiger partial charge in [-0.2, -0.15) is 0 Å². The Morgan fingerprint density at radius 2 is 1.88 bits per heavy atom. The molecule has 3 nitrogen and oxygen atoms in total. The molecule has 2 N–H and O–H groups in total. The van der Waals surface area contributed by atoms with Crippen molar-refractivity contribution in [2.45, 2.75) is 58.4 Å². The van der Waals surface area contributed by atoms with Crippen LogP contribution in [-0.2, 0) is 4.43 Å². The Kier molecular flexibility index (Phi) is 6.62. The minimum absolute atomic E-state index is 0.101. The summed E-state index contributed by atoms with van der Waals surface area (Å²) in [7, 11) is -1.74. The molecule has 4 heteroatoms. The third kappa shape index (κ3) is 5.34. The molecule has 0 aliphatic heterocycles. The minimum Gasteiger partial charge on any atom is -0.413 e. The molecule has 102 valence electrons. The van der Waals surface area contributed by atoms with Crippen LogP contribution in [0, 0.1) is 0 Å². The maximum atomic E-state index is 9.63. The maximum Gasteiger partial charge on any atom is 0.192 e. The van der Waals surface area contributed by atoms with E-state index in [1.807, 2.05) is 13.0 Å². The Morgan fingerprint density at radius 3 is 2.24 bits per heavy atom. The van der Waals surface area contributed by atoms with Gasteiger partial charge in [-0.15, -0.1) is 0 Å². The van der Waals surface area contributed by atoms with Crippen LogP contribution < -0.4 is 0 Å². The zero-order chi connectivity index (χ0) is 13.7. The molecule has 0 aliphatic rings. The zero-order valence-corrected chi connectivity index (χ0v) is 13.1. The van der Waals surface area contributed by atoms with E-state index >= 15 is 0 Å². The van der Waals surface area contributed by atoms with Crippen molar-refractivity contribution < 1.29 is 14.6 Å². The molecule has 0 aromatic rings. The smallest absolute Gasteiger partial charge is 0.192 e. The summed E-state index contributed by atoms with van der Waals surface area (Å²) in [6, 6.07) is 0. The molecule has 17 heavy (non-hydrogen) atoms. The predicted molar refractivity (Wildman–Crippen MR) is 74.6 cm³/mol. The van der Waals surface area contributed by atoms with Crippen LogP contribution in [-0.4, -0.2) is 37.8 Å². The average molecular weight is 260 g/mol. The van der Waals surface area contributed by atoms with Gasteiger partial charge in [-0.3, -0.25) is 0 Å². The third-order valence-electron chi connectivity index (χ3n) is 3.59. The van der Waals surface area contributed by atoms with Crippen LogP contribution in [0.15, 0.2) is 11.6 Å². The molecule has 1 atom stereocenters. The van der Waals surface area contributed by atoms with Crippen LogP contribution in [0.1, 0.15) is 34.1 Å². The van der Waals surface area contributed by atoms with Gasteiger partial charge >= 0.3 is 0 Å². The van der Waals surface area contributed by atoms with Gasteiger partial charge in [0.15, 0.2) is 8.32 Å². The van der Waals surface area contributed by atoms with Crippen LogP contribution in [0.2, 0.25) is 18.1 Å². The molecule has 0 rings (SSSR count). The summed E-state index contributed by atoms with van der Waals surface area (Å²) in [6.07, 6.45) is 1.88. The number of hydrogen-bond acceptors (Lipinski definition) is 3. The molecule has 0 aliphatic carbocycles. The monoisotopic (exact) mass is 260 g/mol. The van der Waals surface area contributed by atoms with Crippen molar-refractivity contribution in [3.8, 4) is 0 Å². The summed E-state index contributed by atoms with van der Waals surface area (Å²) < 4.78 is 5.96. The van der Waals surface area contributed by atoms with E-state index in [2.05, 4.69) is 33.9 Å². The first-order valence-electron chi connectivity index (χ1n) is 6.27. The fourth-order valence-corrected chi connectivity index (χ4v) is 2.07. The SMILES string of the molecule is CCC(O)/C(=C\CO[Si](C)(C)C(C)(C)C)CO. The van der Waals surface area contributed by atoms with Crippen molar-refractivity contribution in [1.82, 2.24) is 0 Å². The van der Waals surface area contributed by atoms with E-state index in [-0.39, 0.29) is 11.6 Å². The molecule has 0 aromatic heterocycles. The fourth-order valence-electron chi connectivity index (χ4n) is 1.14. The molecule has 0 heterocycles. The topological polar surface area (TPSA) is 49.7 Å². The maximum absolute atomic E-state index is 9.63. The summed E-state index contributed by atoms with van der Waals surface area (Å²) in [5.41, 5.74) is 0.659. The van der Waals surface area contributed by atoms with Crippen LogP contribution in [0.25, 0.3) is 0 Å². The molecule has 1 unspecified atom stereocenters. The highest BCUT2D eigenvalue weighted by molar-refractivity contribution is 6.74. The molecule has 0 fully saturated rings. The minimum atomic E-state index is -1.74. The first-order valence-corrected chi connectivity index (χ1v) is 9.18. The second-order valence-corrected chi connectivity index (χ2v) is 10.7. The highest BCUT2D eigenvalue weighted by Crippen LogP contribution is 2.36. The van der Waals surface area contributed by atoms with Crippen molar-refractivity contribution in [3.63, 3.8) is 0 Å². The van der Waals surface area contributed by atoms with Crippen LogP contribution in [0.5, 0.6) is 0 Å². The number of rotatable bonds is 6. The Bertz CT molecular complexity index is 254. The zero-order valence-electron chi connectivity index (χ0n) is 12.1. The van der Waals surface area contributed by atoms with Gasteiger partial charge in [0.05, 0.1) is 19.3 Å². The van der Waals surface area contributed by atoms with Gasteiger partial charge in [0.25, 0.3) is 0 Å². The van der Waals surface area contributed by atoms with Crippen LogP contribution in [0.3, 0.4) is 0 Å². The lowest BCUT2D eigenvalue weighted by atomic mass is 10.1. The lowest BCUT2D eigenvalue weighted by molar-refractivity contribution is 0.181. The van der Waals surface area contributed by atoms with Crippen molar-refractivity contribution in [3.05, 3.63) is 11.6 Å². The first-order chi connectivity index (χ1) is 7.65. The molecule has 0 radical (unpaired) electrons. The van der Waals surface area contributed by atoms with E-state index in [1.165, 1.54) is 0 Å². The van der Waals surface area contributed by atoms with E-state index < -0.39 is 14.4 Å². The number of aliphatic hydroxyl groups is 2. The van der Waals surface area contributed by atoms with Crippen LogP contribution in [0.4, 0.5) is 0 Å². The number of aliphatic hydroxyl groups excluding tert-OH is 2. The quantitative estimate of drug-likeness (QED) is 0.570. The summed E-state index contributed by atoms with van der Waals surface area (Å²) in [5, 5.41) is 19.0. The van der Waals surface area contributed by atoms with Gasteiger partial charge in [-0.1, -0.05) is 33.8 Å². The van der Waals surface area contributed by atoms with Gasteiger partial charge < -0.3 is 14.6 Å². The predicted octanol–water partition coefficient (Wildman–Crippen LogP) is 2.70. The molecule has 0 bridgehead atoms. The summed E-state index contributed by atoms with van der Waals surface area (Å²) in [5.74, 6) is 0. The normalized spacial score (nSPS) is 16.1. The van der Waals surface area contributed by atoms with E-state index in [0.717, 1.165) is 0 Å². The first kappa shape index (κ1) is 16.8. The lowest BCUT2D eigenvalue weighted by Crippen LogP contribution is -2.40. The number of hydrogen-bond donors (Lipinski definition) is 2. The Labute approximate surface area is 107 Å². The third-order valence-corrected chi connectivity index (χ3v) is 8.09. The van der Waals surface area contributed by atoms with E-state index in [4.69, 9.17) is 9.53 Å². The van der Waals surface area contributed by atoms with Crippen molar-refractivity contribution in [1.29, 1.82) is 0 Å². The Balaban J connectivity index is 4.43. The second-order valence-electron chi connectivity index (χ2n) is 5.93. The van der Waals surface area contributed by atoms with E-state index in [1.54, 1.807) is 0 Å². The van der Waals surface area contributed by atoms with Gasteiger partial charge in [0.2, 0.25) is 0 Å². The fraction of sp³-hybridized carbons (Fsp3) is 0.846. The van der Waals surface area contributed by atoms with Crippen molar-refractivity contribution in [2.75, 3.05) is 13.2 Å². The standard InChI is InChI=1S/C13H28O3Si/c1-7-12(15)11(10-14)8-9-16-17(5,6)13(2,3)4/h8,12,14-15H,7,9-10H2,1-6H3/b11-8-. The Morgan fingerprint density at radius 1 is 1.35 bits per heavy atom. The van der Waals surface area contributed by atoms with Gasteiger partial charge in [-0.25, -0.2) is 0 Å². The molecule has 0 spiro atoms. The highest BCUT2D eigenvalue weighted by atomic mass is 28.4. The highest BCUT2D eigenvalue weighted by Gasteiger charge is 2.36. The summed E-state index contributed by atoms with van der Waals surface area (Å²) >= 11 is 0. The summed E-state index contributed by atoms with van der Waals surface area (Å²) in [4.78, 5) is 0. The lowest BCUT2D eigenvalue weighted by Gasteiger charge is -2.35. The largest absolute Gasteiger partial charge is 0.413 e. The second kappa shape index (κ2) is 6.68.